The van der Waals surface area contributed by atoms with Gasteiger partial charge in [0, 0.05) is 43.7 Å². The van der Waals surface area contributed by atoms with E-state index in [4.69, 9.17) is 4.42 Å². The zero-order valence-corrected chi connectivity index (χ0v) is 15.4. The monoisotopic (exact) mass is 348 g/mol. The van der Waals surface area contributed by atoms with Crippen molar-refractivity contribution in [1.82, 2.24) is 9.80 Å². The van der Waals surface area contributed by atoms with Crippen molar-refractivity contribution in [3.63, 3.8) is 0 Å². The lowest BCUT2D eigenvalue weighted by Gasteiger charge is -2.34. The lowest BCUT2D eigenvalue weighted by Crippen LogP contribution is -2.48. The summed E-state index contributed by atoms with van der Waals surface area (Å²) in [6, 6.07) is 16.5. The van der Waals surface area contributed by atoms with Crippen molar-refractivity contribution in [2.75, 3.05) is 26.2 Å². The molecule has 0 aliphatic carbocycles. The van der Waals surface area contributed by atoms with Crippen LogP contribution in [0.15, 0.2) is 52.9 Å². The number of hydrogen-bond donors (Lipinski definition) is 0. The summed E-state index contributed by atoms with van der Waals surface area (Å²) in [6.07, 6.45) is 0. The number of fused-ring (bicyclic) bond motifs is 1. The first kappa shape index (κ1) is 16.9. The van der Waals surface area contributed by atoms with Crippen molar-refractivity contribution in [3.8, 4) is 0 Å². The third-order valence-corrected chi connectivity index (χ3v) is 5.19. The van der Waals surface area contributed by atoms with E-state index in [0.717, 1.165) is 49.3 Å². The third kappa shape index (κ3) is 3.25. The largest absolute Gasteiger partial charge is 0.451 e. The van der Waals surface area contributed by atoms with Crippen LogP contribution < -0.4 is 0 Å². The van der Waals surface area contributed by atoms with Crippen molar-refractivity contribution >= 4 is 16.9 Å². The number of hydrogen-bond acceptors (Lipinski definition) is 3. The number of rotatable bonds is 3. The molecule has 0 spiro atoms. The van der Waals surface area contributed by atoms with E-state index in [1.165, 1.54) is 11.1 Å². The minimum absolute atomic E-state index is 0.00825. The Balaban J connectivity index is 1.42. The fourth-order valence-corrected chi connectivity index (χ4v) is 3.70. The molecule has 1 amide bonds. The van der Waals surface area contributed by atoms with E-state index in [1.54, 1.807) is 0 Å². The summed E-state index contributed by atoms with van der Waals surface area (Å²) < 4.78 is 5.84. The number of amides is 1. The topological polar surface area (TPSA) is 36.7 Å². The highest BCUT2D eigenvalue weighted by molar-refractivity contribution is 5.98. The van der Waals surface area contributed by atoms with Crippen molar-refractivity contribution in [2.45, 2.75) is 20.4 Å². The van der Waals surface area contributed by atoms with Crippen LogP contribution in [0.25, 0.3) is 11.0 Å². The quantitative estimate of drug-likeness (QED) is 0.718. The summed E-state index contributed by atoms with van der Waals surface area (Å²) in [5.74, 6) is 0.493. The summed E-state index contributed by atoms with van der Waals surface area (Å²) in [6.45, 7) is 8.27. The fraction of sp³-hybridized carbons (Fsp3) is 0.318. The first-order chi connectivity index (χ1) is 12.6. The van der Waals surface area contributed by atoms with Gasteiger partial charge in [-0.15, -0.1) is 0 Å². The maximum atomic E-state index is 12.9. The van der Waals surface area contributed by atoms with Crippen molar-refractivity contribution in [2.24, 2.45) is 0 Å². The summed E-state index contributed by atoms with van der Waals surface area (Å²) in [7, 11) is 0. The lowest BCUT2D eigenvalue weighted by molar-refractivity contribution is 0.0599. The Morgan fingerprint density at radius 1 is 1.00 bits per heavy atom. The SMILES string of the molecule is Cc1cccc(CN2CCN(C(=O)c3oc4ccccc4c3C)CC2)c1. The molecule has 4 nitrogen and oxygen atoms in total. The van der Waals surface area contributed by atoms with Gasteiger partial charge < -0.3 is 9.32 Å². The summed E-state index contributed by atoms with van der Waals surface area (Å²) in [5, 5.41) is 1.02. The molecule has 2 heterocycles. The molecule has 0 unspecified atom stereocenters. The Morgan fingerprint density at radius 2 is 1.77 bits per heavy atom. The first-order valence-electron chi connectivity index (χ1n) is 9.17. The highest BCUT2D eigenvalue weighted by atomic mass is 16.3. The number of piperazine rings is 1. The average Bonchev–Trinajstić information content (AvgIpc) is 2.99. The Morgan fingerprint density at radius 3 is 2.50 bits per heavy atom. The molecule has 0 saturated carbocycles. The second-order valence-corrected chi connectivity index (χ2v) is 7.11. The van der Waals surface area contributed by atoms with Gasteiger partial charge in [-0.2, -0.15) is 0 Å². The number of carbonyl (C=O) groups excluding carboxylic acids is 1. The van der Waals surface area contributed by atoms with Gasteiger partial charge in [0.05, 0.1) is 0 Å². The number of benzene rings is 2. The van der Waals surface area contributed by atoms with Gasteiger partial charge in [0.2, 0.25) is 0 Å². The standard InChI is InChI=1S/C22H24N2O2/c1-16-6-5-7-18(14-16)15-23-10-12-24(13-11-23)22(25)21-17(2)19-8-3-4-9-20(19)26-21/h3-9,14H,10-13,15H2,1-2H3. The van der Waals surface area contributed by atoms with E-state index in [-0.39, 0.29) is 5.91 Å². The molecule has 2 aromatic carbocycles. The molecular formula is C22H24N2O2. The van der Waals surface area contributed by atoms with Gasteiger partial charge in [0.15, 0.2) is 5.76 Å². The maximum Gasteiger partial charge on any atom is 0.289 e. The Hall–Kier alpha value is -2.59. The molecule has 0 N–H and O–H groups in total. The zero-order chi connectivity index (χ0) is 18.1. The van der Waals surface area contributed by atoms with Crippen molar-refractivity contribution < 1.29 is 9.21 Å². The summed E-state index contributed by atoms with van der Waals surface area (Å²) >= 11 is 0. The molecule has 1 aliphatic rings. The van der Waals surface area contributed by atoms with Crippen LogP contribution in [0.3, 0.4) is 0 Å². The van der Waals surface area contributed by atoms with E-state index >= 15 is 0 Å². The number of carbonyl (C=O) groups is 1. The van der Waals surface area contributed by atoms with Crippen LogP contribution >= 0.6 is 0 Å². The van der Waals surface area contributed by atoms with Crippen LogP contribution in [-0.4, -0.2) is 41.9 Å². The summed E-state index contributed by atoms with van der Waals surface area (Å²) in [5.41, 5.74) is 4.34. The Bertz CT molecular complexity index is 936. The van der Waals surface area contributed by atoms with Crippen LogP contribution in [0.1, 0.15) is 27.2 Å². The van der Waals surface area contributed by atoms with Crippen LogP contribution in [-0.2, 0) is 6.54 Å². The highest BCUT2D eigenvalue weighted by Crippen LogP contribution is 2.26. The van der Waals surface area contributed by atoms with E-state index in [1.807, 2.05) is 36.1 Å². The molecule has 4 heteroatoms. The molecular weight excluding hydrogens is 324 g/mol. The van der Waals surface area contributed by atoms with Crippen molar-refractivity contribution in [1.29, 1.82) is 0 Å². The van der Waals surface area contributed by atoms with E-state index < -0.39 is 0 Å². The van der Waals surface area contributed by atoms with Gasteiger partial charge >= 0.3 is 0 Å². The van der Waals surface area contributed by atoms with Crippen LogP contribution in [0.2, 0.25) is 0 Å². The van der Waals surface area contributed by atoms with Crippen LogP contribution in [0.4, 0.5) is 0 Å². The second kappa shape index (κ2) is 6.96. The number of aryl methyl sites for hydroxylation is 2. The Kier molecular flexibility index (Phi) is 4.51. The molecule has 26 heavy (non-hydrogen) atoms. The minimum Gasteiger partial charge on any atom is -0.451 e. The average molecular weight is 348 g/mol. The van der Waals surface area contributed by atoms with E-state index in [0.29, 0.717) is 5.76 Å². The zero-order valence-electron chi connectivity index (χ0n) is 15.4. The Labute approximate surface area is 154 Å². The molecule has 1 saturated heterocycles. The molecule has 0 bridgehead atoms. The molecule has 134 valence electrons. The fourth-order valence-electron chi connectivity index (χ4n) is 3.70. The van der Waals surface area contributed by atoms with Crippen molar-refractivity contribution in [3.05, 3.63) is 71.0 Å². The first-order valence-corrected chi connectivity index (χ1v) is 9.17. The van der Waals surface area contributed by atoms with Gasteiger partial charge in [-0.1, -0.05) is 48.0 Å². The number of furan rings is 1. The predicted molar refractivity (Wildman–Crippen MR) is 103 cm³/mol. The van der Waals surface area contributed by atoms with Gasteiger partial charge in [-0.25, -0.2) is 0 Å². The molecule has 1 aliphatic heterocycles. The lowest BCUT2D eigenvalue weighted by atomic mass is 10.1. The normalized spacial score (nSPS) is 15.5. The van der Waals surface area contributed by atoms with Crippen LogP contribution in [0, 0.1) is 13.8 Å². The molecule has 3 aromatic rings. The third-order valence-electron chi connectivity index (χ3n) is 5.19. The van der Waals surface area contributed by atoms with E-state index in [2.05, 4.69) is 36.1 Å². The maximum absolute atomic E-state index is 12.9. The molecule has 1 fully saturated rings. The van der Waals surface area contributed by atoms with E-state index in [9.17, 15) is 4.79 Å². The number of para-hydroxylation sites is 1. The second-order valence-electron chi connectivity index (χ2n) is 7.11. The molecule has 1 aromatic heterocycles. The molecule has 0 radical (unpaired) electrons. The van der Waals surface area contributed by atoms with Gasteiger partial charge in [-0.3, -0.25) is 9.69 Å². The molecule has 0 atom stereocenters. The minimum atomic E-state index is 0.00825. The molecule has 4 rings (SSSR count). The smallest absolute Gasteiger partial charge is 0.289 e. The highest BCUT2D eigenvalue weighted by Gasteiger charge is 2.26. The number of nitrogens with zero attached hydrogens (tertiary/aromatic N) is 2. The van der Waals surface area contributed by atoms with Gasteiger partial charge in [-0.05, 0) is 25.5 Å². The predicted octanol–water partition coefficient (Wildman–Crippen LogP) is 4.01. The van der Waals surface area contributed by atoms with Gasteiger partial charge in [0.1, 0.15) is 5.58 Å². The van der Waals surface area contributed by atoms with Gasteiger partial charge in [0.25, 0.3) is 5.91 Å². The summed E-state index contributed by atoms with van der Waals surface area (Å²) in [4.78, 5) is 17.2. The van der Waals surface area contributed by atoms with Crippen LogP contribution in [0.5, 0.6) is 0 Å².